The van der Waals surface area contributed by atoms with Crippen molar-refractivity contribution < 1.29 is 14.3 Å². The van der Waals surface area contributed by atoms with Gasteiger partial charge in [0.1, 0.15) is 11.5 Å². The lowest BCUT2D eigenvalue weighted by atomic mass is 10.1. The Balaban J connectivity index is 1.71. The molecule has 1 fully saturated rings. The molecule has 1 aliphatic rings. The fourth-order valence-corrected chi connectivity index (χ4v) is 2.95. The van der Waals surface area contributed by atoms with Crippen LogP contribution in [0.1, 0.15) is 31.2 Å². The molecule has 0 saturated carbocycles. The molecular formula is C18H28N2O3. The molecular weight excluding hydrogens is 292 g/mol. The predicted octanol–water partition coefficient (Wildman–Crippen LogP) is 2.24. The van der Waals surface area contributed by atoms with Crippen LogP contribution in [0.4, 0.5) is 0 Å². The predicted molar refractivity (Wildman–Crippen MR) is 91.2 cm³/mol. The van der Waals surface area contributed by atoms with Gasteiger partial charge in [0.25, 0.3) is 0 Å². The van der Waals surface area contributed by atoms with E-state index in [1.807, 2.05) is 12.1 Å². The molecule has 0 radical (unpaired) electrons. The summed E-state index contributed by atoms with van der Waals surface area (Å²) < 4.78 is 10.5. The number of methoxy groups -OCH3 is 2. The zero-order chi connectivity index (χ0) is 16.5. The minimum absolute atomic E-state index is 0.0344. The van der Waals surface area contributed by atoms with Crippen LogP contribution in [0.25, 0.3) is 0 Å². The van der Waals surface area contributed by atoms with Crippen molar-refractivity contribution in [2.45, 2.75) is 32.1 Å². The summed E-state index contributed by atoms with van der Waals surface area (Å²) in [5, 5.41) is 3.00. The van der Waals surface area contributed by atoms with Gasteiger partial charge in [0.2, 0.25) is 5.91 Å². The smallest absolute Gasteiger partial charge is 0.224 e. The van der Waals surface area contributed by atoms with Crippen molar-refractivity contribution in [1.29, 1.82) is 0 Å². The first kappa shape index (κ1) is 17.6. The van der Waals surface area contributed by atoms with Crippen LogP contribution in [0.2, 0.25) is 0 Å². The zero-order valence-corrected chi connectivity index (χ0v) is 14.3. The topological polar surface area (TPSA) is 50.8 Å². The average Bonchev–Trinajstić information content (AvgIpc) is 2.60. The molecule has 0 atom stereocenters. The second-order valence-corrected chi connectivity index (χ2v) is 5.96. The Morgan fingerprint density at radius 1 is 1.17 bits per heavy atom. The van der Waals surface area contributed by atoms with E-state index >= 15 is 0 Å². The molecule has 1 aliphatic heterocycles. The highest BCUT2D eigenvalue weighted by atomic mass is 16.5. The molecule has 0 aliphatic carbocycles. The lowest BCUT2D eigenvalue weighted by molar-refractivity contribution is -0.120. The van der Waals surface area contributed by atoms with Crippen LogP contribution in [-0.2, 0) is 11.2 Å². The van der Waals surface area contributed by atoms with E-state index in [1.165, 1.54) is 32.4 Å². The zero-order valence-electron chi connectivity index (χ0n) is 14.3. The minimum Gasteiger partial charge on any atom is -0.497 e. The number of carbonyl (C=O) groups excluding carboxylic acids is 1. The van der Waals surface area contributed by atoms with Gasteiger partial charge in [0.05, 0.1) is 20.6 Å². The largest absolute Gasteiger partial charge is 0.497 e. The molecule has 1 N–H and O–H groups in total. The number of rotatable bonds is 8. The molecule has 0 unspecified atom stereocenters. The lowest BCUT2D eigenvalue weighted by Gasteiger charge is -2.26. The van der Waals surface area contributed by atoms with E-state index in [1.54, 1.807) is 20.3 Å². The van der Waals surface area contributed by atoms with Crippen molar-refractivity contribution in [3.63, 3.8) is 0 Å². The van der Waals surface area contributed by atoms with Crippen LogP contribution in [0.5, 0.6) is 11.5 Å². The number of amides is 1. The summed E-state index contributed by atoms with van der Waals surface area (Å²) in [5.74, 6) is 1.45. The summed E-state index contributed by atoms with van der Waals surface area (Å²) in [6, 6.07) is 5.53. The van der Waals surface area contributed by atoms with Crippen LogP contribution >= 0.6 is 0 Å². The second-order valence-electron chi connectivity index (χ2n) is 5.96. The van der Waals surface area contributed by atoms with Crippen molar-refractivity contribution in [2.24, 2.45) is 0 Å². The number of likely N-dealkylation sites (tertiary alicyclic amines) is 1. The van der Waals surface area contributed by atoms with Crippen LogP contribution in [0, 0.1) is 0 Å². The Bertz CT molecular complexity index is 499. The summed E-state index contributed by atoms with van der Waals surface area (Å²) in [6.07, 6.45) is 5.31. The van der Waals surface area contributed by atoms with Gasteiger partial charge in [-0.15, -0.1) is 0 Å². The molecule has 23 heavy (non-hydrogen) atoms. The van der Waals surface area contributed by atoms with Crippen LogP contribution in [-0.4, -0.2) is 51.2 Å². The maximum absolute atomic E-state index is 12.1. The number of hydrogen-bond donors (Lipinski definition) is 1. The van der Waals surface area contributed by atoms with Crippen LogP contribution in [0.3, 0.4) is 0 Å². The Kier molecular flexibility index (Phi) is 7.20. The molecule has 1 heterocycles. The first-order valence-corrected chi connectivity index (χ1v) is 8.43. The summed E-state index contributed by atoms with van der Waals surface area (Å²) in [6.45, 7) is 4.22. The van der Waals surface area contributed by atoms with Crippen molar-refractivity contribution in [3.05, 3.63) is 23.8 Å². The lowest BCUT2D eigenvalue weighted by Crippen LogP contribution is -2.33. The molecule has 1 aromatic carbocycles. The summed E-state index contributed by atoms with van der Waals surface area (Å²) in [7, 11) is 3.22. The third-order valence-corrected chi connectivity index (χ3v) is 4.27. The Morgan fingerprint density at radius 2 is 1.96 bits per heavy atom. The van der Waals surface area contributed by atoms with Gasteiger partial charge < -0.3 is 19.7 Å². The van der Waals surface area contributed by atoms with Crippen molar-refractivity contribution in [1.82, 2.24) is 10.2 Å². The molecule has 2 rings (SSSR count). The SMILES string of the molecule is COc1ccc(CC(=O)NCCCN2CCCCC2)c(OC)c1. The van der Waals surface area contributed by atoms with Crippen molar-refractivity contribution >= 4 is 5.91 Å². The summed E-state index contributed by atoms with van der Waals surface area (Å²) in [4.78, 5) is 14.6. The van der Waals surface area contributed by atoms with Gasteiger partial charge in [-0.05, 0) is 45.0 Å². The van der Waals surface area contributed by atoms with Gasteiger partial charge in [-0.25, -0.2) is 0 Å². The molecule has 5 heteroatoms. The van der Waals surface area contributed by atoms with Crippen molar-refractivity contribution in [3.8, 4) is 11.5 Å². The highest BCUT2D eigenvalue weighted by molar-refractivity contribution is 5.79. The number of carbonyl (C=O) groups is 1. The fraction of sp³-hybridized carbons (Fsp3) is 0.611. The van der Waals surface area contributed by atoms with Crippen molar-refractivity contribution in [2.75, 3.05) is 40.4 Å². The maximum Gasteiger partial charge on any atom is 0.224 e. The third-order valence-electron chi connectivity index (χ3n) is 4.27. The molecule has 0 spiro atoms. The van der Waals surface area contributed by atoms with E-state index in [-0.39, 0.29) is 5.91 Å². The highest BCUT2D eigenvalue weighted by Gasteiger charge is 2.11. The molecule has 0 bridgehead atoms. The summed E-state index contributed by atoms with van der Waals surface area (Å²) >= 11 is 0. The number of nitrogens with zero attached hydrogens (tertiary/aromatic N) is 1. The van der Waals surface area contributed by atoms with E-state index in [9.17, 15) is 4.79 Å². The quantitative estimate of drug-likeness (QED) is 0.746. The van der Waals surface area contributed by atoms with Gasteiger partial charge in [-0.1, -0.05) is 12.5 Å². The second kappa shape index (κ2) is 9.40. The summed E-state index contributed by atoms with van der Waals surface area (Å²) in [5.41, 5.74) is 0.877. The van der Waals surface area contributed by atoms with Gasteiger partial charge in [-0.3, -0.25) is 4.79 Å². The number of piperidine rings is 1. The van der Waals surface area contributed by atoms with Gasteiger partial charge in [0.15, 0.2) is 0 Å². The Labute approximate surface area is 139 Å². The number of hydrogen-bond acceptors (Lipinski definition) is 4. The number of ether oxygens (including phenoxy) is 2. The van der Waals surface area contributed by atoms with Gasteiger partial charge >= 0.3 is 0 Å². The first-order valence-electron chi connectivity index (χ1n) is 8.43. The minimum atomic E-state index is 0.0344. The average molecular weight is 320 g/mol. The fourth-order valence-electron chi connectivity index (χ4n) is 2.95. The Morgan fingerprint density at radius 3 is 2.65 bits per heavy atom. The molecule has 1 saturated heterocycles. The molecule has 1 amide bonds. The molecule has 128 valence electrons. The number of benzene rings is 1. The van der Waals surface area contributed by atoms with E-state index in [2.05, 4.69) is 10.2 Å². The molecule has 1 aromatic rings. The van der Waals surface area contributed by atoms with Gasteiger partial charge in [-0.2, -0.15) is 0 Å². The normalized spacial score (nSPS) is 15.2. The molecule has 5 nitrogen and oxygen atoms in total. The van der Waals surface area contributed by atoms with Crippen LogP contribution in [0.15, 0.2) is 18.2 Å². The van der Waals surface area contributed by atoms with Crippen LogP contribution < -0.4 is 14.8 Å². The number of nitrogens with one attached hydrogen (secondary N) is 1. The standard InChI is InChI=1S/C18H28N2O3/c1-22-16-8-7-15(17(14-16)23-2)13-18(21)19-9-6-12-20-10-4-3-5-11-20/h7-8,14H,3-6,9-13H2,1-2H3,(H,19,21). The van der Waals surface area contributed by atoms with E-state index < -0.39 is 0 Å². The Hall–Kier alpha value is -1.75. The monoisotopic (exact) mass is 320 g/mol. The maximum atomic E-state index is 12.1. The molecule has 0 aromatic heterocycles. The first-order chi connectivity index (χ1) is 11.2. The van der Waals surface area contributed by atoms with E-state index in [0.29, 0.717) is 12.2 Å². The third kappa shape index (κ3) is 5.75. The van der Waals surface area contributed by atoms with E-state index in [4.69, 9.17) is 9.47 Å². The highest BCUT2D eigenvalue weighted by Crippen LogP contribution is 2.24. The van der Waals surface area contributed by atoms with Gasteiger partial charge in [0, 0.05) is 18.2 Å². The van der Waals surface area contributed by atoms with E-state index in [0.717, 1.165) is 30.8 Å².